The number of benzene rings is 1. The molecule has 27 heavy (non-hydrogen) atoms. The zero-order valence-corrected chi connectivity index (χ0v) is 16.4. The third-order valence-electron chi connectivity index (χ3n) is 6.77. The first-order chi connectivity index (χ1) is 12.9. The highest BCUT2D eigenvalue weighted by Crippen LogP contribution is 2.45. The van der Waals surface area contributed by atoms with Crippen LogP contribution < -0.4 is 5.32 Å². The van der Waals surface area contributed by atoms with Gasteiger partial charge in [-0.3, -0.25) is 14.5 Å². The summed E-state index contributed by atoms with van der Waals surface area (Å²) in [5.74, 6) is -0.567. The number of amides is 1. The van der Waals surface area contributed by atoms with E-state index in [1.165, 1.54) is 11.1 Å². The Morgan fingerprint density at radius 2 is 1.96 bits per heavy atom. The molecule has 4 rings (SSSR count). The van der Waals surface area contributed by atoms with Gasteiger partial charge in [-0.1, -0.05) is 24.3 Å². The molecule has 0 bridgehead atoms. The van der Waals surface area contributed by atoms with E-state index < -0.39 is 5.60 Å². The molecule has 1 saturated carbocycles. The van der Waals surface area contributed by atoms with Crippen molar-refractivity contribution in [1.82, 2.24) is 10.2 Å². The lowest BCUT2D eigenvalue weighted by Gasteiger charge is -2.42. The van der Waals surface area contributed by atoms with Crippen LogP contribution in [0.15, 0.2) is 24.3 Å². The van der Waals surface area contributed by atoms with Crippen LogP contribution in [0.3, 0.4) is 0 Å². The van der Waals surface area contributed by atoms with Gasteiger partial charge in [0.25, 0.3) is 0 Å². The molecule has 1 aromatic carbocycles. The van der Waals surface area contributed by atoms with E-state index in [4.69, 9.17) is 4.74 Å². The van der Waals surface area contributed by atoms with Crippen LogP contribution in [0.5, 0.6) is 0 Å². The highest BCUT2D eigenvalue weighted by atomic mass is 16.6. The number of carbonyl (C=O) groups is 2. The SMILES string of the molecule is CC(C)(CNC(=O)C1CC(=O)OC12CCCC2)N1CCc2ccccc2C1. The number of hydrogen-bond acceptors (Lipinski definition) is 4. The van der Waals surface area contributed by atoms with Crippen molar-refractivity contribution in [1.29, 1.82) is 0 Å². The Hall–Kier alpha value is -1.88. The molecule has 1 amide bonds. The summed E-state index contributed by atoms with van der Waals surface area (Å²) in [5.41, 5.74) is 2.13. The third-order valence-corrected chi connectivity index (χ3v) is 6.77. The monoisotopic (exact) mass is 370 g/mol. The fourth-order valence-electron chi connectivity index (χ4n) is 5.00. The van der Waals surface area contributed by atoms with Crippen LogP contribution in [0.1, 0.15) is 57.1 Å². The van der Waals surface area contributed by atoms with Gasteiger partial charge in [0.2, 0.25) is 5.91 Å². The second kappa shape index (κ2) is 6.93. The Bertz CT molecular complexity index is 737. The highest BCUT2D eigenvalue weighted by molar-refractivity contribution is 5.88. The first-order valence-corrected chi connectivity index (χ1v) is 10.2. The van der Waals surface area contributed by atoms with Gasteiger partial charge < -0.3 is 10.1 Å². The Labute approximate surface area is 161 Å². The molecule has 5 nitrogen and oxygen atoms in total. The summed E-state index contributed by atoms with van der Waals surface area (Å²) in [6.07, 6.45) is 4.99. The number of nitrogens with zero attached hydrogens (tertiary/aromatic N) is 1. The third kappa shape index (κ3) is 3.49. The van der Waals surface area contributed by atoms with Crippen LogP contribution in [-0.4, -0.2) is 41.0 Å². The largest absolute Gasteiger partial charge is 0.458 e. The van der Waals surface area contributed by atoms with Crippen LogP contribution in [0, 0.1) is 5.92 Å². The molecule has 1 unspecified atom stereocenters. The molecule has 0 radical (unpaired) electrons. The molecule has 0 aromatic heterocycles. The molecule has 1 saturated heterocycles. The average Bonchev–Trinajstić information content (AvgIpc) is 3.26. The summed E-state index contributed by atoms with van der Waals surface area (Å²) in [6, 6.07) is 8.60. The zero-order chi connectivity index (χ0) is 19.1. The highest BCUT2D eigenvalue weighted by Gasteiger charge is 2.54. The number of esters is 1. The minimum atomic E-state index is -0.532. The van der Waals surface area contributed by atoms with Crippen LogP contribution in [-0.2, 0) is 27.3 Å². The molecule has 2 heterocycles. The Balaban J connectivity index is 1.39. The zero-order valence-electron chi connectivity index (χ0n) is 16.4. The predicted molar refractivity (Wildman–Crippen MR) is 103 cm³/mol. The number of ether oxygens (including phenoxy) is 1. The van der Waals surface area contributed by atoms with Crippen LogP contribution in [0.2, 0.25) is 0 Å². The van der Waals surface area contributed by atoms with Gasteiger partial charge >= 0.3 is 5.97 Å². The summed E-state index contributed by atoms with van der Waals surface area (Å²) < 4.78 is 5.62. The predicted octanol–water partition coefficient (Wildman–Crippen LogP) is 2.82. The smallest absolute Gasteiger partial charge is 0.307 e. The van der Waals surface area contributed by atoms with E-state index in [1.807, 2.05) is 0 Å². The van der Waals surface area contributed by atoms with Crippen molar-refractivity contribution in [3.05, 3.63) is 35.4 Å². The molecular weight excluding hydrogens is 340 g/mol. The number of hydrogen-bond donors (Lipinski definition) is 1. The van der Waals surface area contributed by atoms with Gasteiger partial charge in [0.15, 0.2) is 0 Å². The summed E-state index contributed by atoms with van der Waals surface area (Å²) in [7, 11) is 0. The van der Waals surface area contributed by atoms with Crippen molar-refractivity contribution in [2.24, 2.45) is 5.92 Å². The molecule has 5 heteroatoms. The fourth-order valence-corrected chi connectivity index (χ4v) is 5.00. The van der Waals surface area contributed by atoms with Crippen LogP contribution >= 0.6 is 0 Å². The van der Waals surface area contributed by atoms with Gasteiger partial charge in [0.1, 0.15) is 5.60 Å². The van der Waals surface area contributed by atoms with E-state index in [2.05, 4.69) is 48.3 Å². The Morgan fingerprint density at radius 3 is 2.70 bits per heavy atom. The summed E-state index contributed by atoms with van der Waals surface area (Å²) >= 11 is 0. The maximum absolute atomic E-state index is 12.9. The van der Waals surface area contributed by atoms with E-state index in [0.29, 0.717) is 6.54 Å². The second-order valence-corrected chi connectivity index (χ2v) is 8.97. The first kappa shape index (κ1) is 18.5. The summed E-state index contributed by atoms with van der Waals surface area (Å²) in [5, 5.41) is 3.15. The minimum Gasteiger partial charge on any atom is -0.458 e. The second-order valence-electron chi connectivity index (χ2n) is 8.97. The van der Waals surface area contributed by atoms with Crippen molar-refractivity contribution in [3.8, 4) is 0 Å². The quantitative estimate of drug-likeness (QED) is 0.828. The standard InChI is InChI=1S/C22H30N2O3/c1-21(2,24-12-9-16-7-3-4-8-17(16)14-24)15-23-20(26)18-13-19(25)27-22(18)10-5-6-11-22/h3-4,7-8,18H,5-6,9-15H2,1-2H3,(H,23,26). The number of carbonyl (C=O) groups excluding carboxylic acids is 2. The molecule has 1 aromatic rings. The first-order valence-electron chi connectivity index (χ1n) is 10.2. The molecule has 2 aliphatic heterocycles. The molecule has 1 spiro atoms. The van der Waals surface area contributed by atoms with Gasteiger partial charge in [-0.05, 0) is 57.1 Å². The Kier molecular flexibility index (Phi) is 4.75. The van der Waals surface area contributed by atoms with E-state index in [0.717, 1.165) is 45.2 Å². The van der Waals surface area contributed by atoms with Gasteiger partial charge in [0, 0.05) is 25.2 Å². The van der Waals surface area contributed by atoms with Crippen LogP contribution in [0.4, 0.5) is 0 Å². The van der Waals surface area contributed by atoms with E-state index in [1.54, 1.807) is 0 Å². The van der Waals surface area contributed by atoms with Gasteiger partial charge in [-0.25, -0.2) is 0 Å². The molecule has 1 aliphatic carbocycles. The van der Waals surface area contributed by atoms with Crippen molar-refractivity contribution in [3.63, 3.8) is 0 Å². The molecule has 1 N–H and O–H groups in total. The molecular formula is C22H30N2O3. The maximum atomic E-state index is 12.9. The van der Waals surface area contributed by atoms with Crippen molar-refractivity contribution in [2.75, 3.05) is 13.1 Å². The summed E-state index contributed by atoms with van der Waals surface area (Å²) in [6.45, 7) is 6.85. The lowest BCUT2D eigenvalue weighted by Crippen LogP contribution is -2.54. The topological polar surface area (TPSA) is 58.6 Å². The molecule has 1 atom stereocenters. The van der Waals surface area contributed by atoms with Gasteiger partial charge in [-0.2, -0.15) is 0 Å². The minimum absolute atomic E-state index is 0.0202. The number of nitrogens with one attached hydrogen (secondary N) is 1. The number of rotatable bonds is 4. The lowest BCUT2D eigenvalue weighted by atomic mass is 9.85. The van der Waals surface area contributed by atoms with Gasteiger partial charge in [-0.15, -0.1) is 0 Å². The maximum Gasteiger partial charge on any atom is 0.307 e. The van der Waals surface area contributed by atoms with E-state index in [9.17, 15) is 9.59 Å². The van der Waals surface area contributed by atoms with Crippen LogP contribution in [0.25, 0.3) is 0 Å². The van der Waals surface area contributed by atoms with E-state index in [-0.39, 0.29) is 29.8 Å². The number of fused-ring (bicyclic) bond motifs is 1. The average molecular weight is 370 g/mol. The van der Waals surface area contributed by atoms with Crippen molar-refractivity contribution in [2.45, 2.75) is 70.1 Å². The molecule has 146 valence electrons. The lowest BCUT2D eigenvalue weighted by molar-refractivity contribution is -0.150. The fraction of sp³-hybridized carbons (Fsp3) is 0.636. The van der Waals surface area contributed by atoms with E-state index >= 15 is 0 Å². The molecule has 3 aliphatic rings. The molecule has 2 fully saturated rings. The van der Waals surface area contributed by atoms with Crippen molar-refractivity contribution >= 4 is 11.9 Å². The normalized spacial score (nSPS) is 24.7. The summed E-state index contributed by atoms with van der Waals surface area (Å²) in [4.78, 5) is 27.2. The Morgan fingerprint density at radius 1 is 1.26 bits per heavy atom. The van der Waals surface area contributed by atoms with Gasteiger partial charge in [0.05, 0.1) is 12.3 Å². The van der Waals surface area contributed by atoms with Crippen molar-refractivity contribution < 1.29 is 14.3 Å².